The summed E-state index contributed by atoms with van der Waals surface area (Å²) in [5, 5.41) is 1.88. The van der Waals surface area contributed by atoms with Gasteiger partial charge in [-0.1, -0.05) is 82.9 Å². The molecule has 2 heterocycles. The summed E-state index contributed by atoms with van der Waals surface area (Å²) in [7, 11) is -3.40. The van der Waals surface area contributed by atoms with Crippen molar-refractivity contribution in [3.05, 3.63) is 130 Å². The van der Waals surface area contributed by atoms with E-state index < -0.39 is 27.8 Å². The van der Waals surface area contributed by atoms with Crippen LogP contribution in [0.1, 0.15) is 70.4 Å². The molecule has 4 aromatic rings. The second-order valence-corrected chi connectivity index (χ2v) is 16.6. The molecule has 8 heteroatoms. The number of hydrazine groups is 1. The van der Waals surface area contributed by atoms with E-state index in [4.69, 9.17) is 0 Å². The van der Waals surface area contributed by atoms with Gasteiger partial charge in [0.1, 0.15) is 11.6 Å². The minimum atomic E-state index is -2.00. The number of imide groups is 1. The van der Waals surface area contributed by atoms with E-state index in [9.17, 15) is 9.59 Å². The van der Waals surface area contributed by atoms with E-state index in [0.29, 0.717) is 10.6 Å². The molecular weight excluding hydrogens is 592 g/mol. The first-order valence-corrected chi connectivity index (χ1v) is 17.7. The summed E-state index contributed by atoms with van der Waals surface area (Å²) in [4.78, 5) is 27.4. The summed E-state index contributed by atoms with van der Waals surface area (Å²) in [6.07, 6.45) is 1.82. The number of carbonyl (C=O) groups excluding carboxylic acids is 2. The summed E-state index contributed by atoms with van der Waals surface area (Å²) in [6.45, 7) is 8.30. The van der Waals surface area contributed by atoms with Crippen LogP contribution in [0.2, 0.25) is 0 Å². The highest BCUT2D eigenvalue weighted by molar-refractivity contribution is 7.79. The van der Waals surface area contributed by atoms with Crippen molar-refractivity contribution in [3.63, 3.8) is 0 Å². The zero-order valence-electron chi connectivity index (χ0n) is 25.4. The van der Waals surface area contributed by atoms with E-state index in [-0.39, 0.29) is 36.0 Å². The molecule has 2 aliphatic heterocycles. The Morgan fingerprint density at radius 1 is 0.659 bits per heavy atom. The van der Waals surface area contributed by atoms with Crippen LogP contribution in [0, 0.1) is 39.3 Å². The number of aryl methyl sites for hydroxylation is 4. The van der Waals surface area contributed by atoms with Gasteiger partial charge in [-0.05, 0) is 75.9 Å². The summed E-state index contributed by atoms with van der Waals surface area (Å²) < 4.78 is 33.7. The van der Waals surface area contributed by atoms with Crippen molar-refractivity contribution in [2.24, 2.45) is 0 Å². The van der Waals surface area contributed by atoms with Crippen LogP contribution in [0.4, 0.5) is 8.78 Å². The highest BCUT2D eigenvalue weighted by Crippen LogP contribution is 2.77. The Labute approximate surface area is 260 Å². The predicted molar refractivity (Wildman–Crippen MR) is 175 cm³/mol. The third-order valence-electron chi connectivity index (χ3n) is 8.36. The molecule has 0 spiro atoms. The standard InChI is InChI=1S/C36H36F2N2O2P2/c1-23-17-24(2)20-27(19-23)31-13-14-32(28-21-25(3)18-26(4)22-28)43(31)40(39-35(41)15-16-36(39)42)44(33-11-7-5-9-29(33)37)34-12-8-6-10-30(34)38/h5-12,17-22,31-32H,13-16H2,1-4H3/t31-,32-/m0/s1. The number of amides is 2. The monoisotopic (exact) mass is 628 g/mol. The fourth-order valence-corrected chi connectivity index (χ4v) is 14.0. The third kappa shape index (κ3) is 5.88. The van der Waals surface area contributed by atoms with Crippen LogP contribution in [-0.4, -0.2) is 21.4 Å². The summed E-state index contributed by atoms with van der Waals surface area (Å²) in [5.74, 6) is -1.59. The molecule has 226 valence electrons. The maximum atomic E-state index is 15.9. The summed E-state index contributed by atoms with van der Waals surface area (Å²) in [5.41, 5.74) is 6.76. The Hall–Kier alpha value is -3.30. The van der Waals surface area contributed by atoms with Crippen molar-refractivity contribution in [3.8, 4) is 0 Å². The average Bonchev–Trinajstić information content (AvgIpc) is 3.55. The first-order valence-electron chi connectivity index (χ1n) is 15.0. The zero-order chi connectivity index (χ0) is 31.1. The second-order valence-electron chi connectivity index (χ2n) is 11.9. The second kappa shape index (κ2) is 12.6. The number of benzene rings is 4. The van der Waals surface area contributed by atoms with Crippen LogP contribution < -0.4 is 10.6 Å². The first-order chi connectivity index (χ1) is 21.1. The molecule has 6 rings (SSSR count). The molecule has 0 bridgehead atoms. The number of halogens is 2. The van der Waals surface area contributed by atoms with Gasteiger partial charge in [0.2, 0.25) is 11.8 Å². The number of carbonyl (C=O) groups is 2. The molecular formula is C36H36F2N2O2P2. The fourth-order valence-electron chi connectivity index (χ4n) is 6.72. The Morgan fingerprint density at radius 3 is 1.43 bits per heavy atom. The lowest BCUT2D eigenvalue weighted by Gasteiger charge is -2.45. The Kier molecular flexibility index (Phi) is 8.79. The molecule has 2 aliphatic rings. The van der Waals surface area contributed by atoms with E-state index in [0.717, 1.165) is 46.2 Å². The van der Waals surface area contributed by atoms with Gasteiger partial charge in [0.05, 0.1) is 8.07 Å². The molecule has 2 atom stereocenters. The van der Waals surface area contributed by atoms with Crippen molar-refractivity contribution in [2.75, 3.05) is 0 Å². The van der Waals surface area contributed by atoms with Crippen LogP contribution in [0.25, 0.3) is 0 Å². The Balaban J connectivity index is 1.66. The zero-order valence-corrected chi connectivity index (χ0v) is 27.2. The molecule has 2 fully saturated rings. The van der Waals surface area contributed by atoms with Crippen LogP contribution in [0.5, 0.6) is 0 Å². The minimum absolute atomic E-state index is 0.0286. The maximum absolute atomic E-state index is 15.9. The first kappa shape index (κ1) is 30.7. The molecule has 4 nitrogen and oxygen atoms in total. The highest BCUT2D eigenvalue weighted by atomic mass is 31.2. The topological polar surface area (TPSA) is 40.6 Å². The smallest absolute Gasteiger partial charge is 0.245 e. The van der Waals surface area contributed by atoms with Crippen molar-refractivity contribution < 1.29 is 18.4 Å². The number of rotatable bonds is 7. The van der Waals surface area contributed by atoms with E-state index in [1.807, 2.05) is 4.55 Å². The molecule has 0 N–H and O–H groups in total. The van der Waals surface area contributed by atoms with Crippen LogP contribution in [0.15, 0.2) is 84.9 Å². The Bertz CT molecular complexity index is 1580. The van der Waals surface area contributed by atoms with E-state index >= 15 is 8.78 Å². The van der Waals surface area contributed by atoms with Crippen molar-refractivity contribution in [2.45, 2.75) is 64.7 Å². The molecule has 44 heavy (non-hydrogen) atoms. The minimum Gasteiger partial charge on any atom is -0.273 e. The molecule has 4 aromatic carbocycles. The Morgan fingerprint density at radius 2 is 1.05 bits per heavy atom. The fraction of sp³-hybridized carbons (Fsp3) is 0.278. The van der Waals surface area contributed by atoms with Gasteiger partial charge in [-0.3, -0.25) is 9.59 Å². The van der Waals surface area contributed by atoms with E-state index in [2.05, 4.69) is 64.1 Å². The lowest BCUT2D eigenvalue weighted by molar-refractivity contribution is -0.144. The number of hydrogen-bond acceptors (Lipinski definition) is 3. The van der Waals surface area contributed by atoms with Gasteiger partial charge < -0.3 is 0 Å². The van der Waals surface area contributed by atoms with Crippen molar-refractivity contribution in [1.82, 2.24) is 9.56 Å². The van der Waals surface area contributed by atoms with Gasteiger partial charge in [0.25, 0.3) is 0 Å². The normalized spacial score (nSPS) is 19.1. The molecule has 0 unspecified atom stereocenters. The largest absolute Gasteiger partial charge is 0.273 e. The summed E-state index contributed by atoms with van der Waals surface area (Å²) in [6, 6.07) is 25.9. The maximum Gasteiger partial charge on any atom is 0.245 e. The van der Waals surface area contributed by atoms with E-state index in [1.165, 1.54) is 17.1 Å². The highest BCUT2D eigenvalue weighted by Gasteiger charge is 2.51. The number of nitrogens with zero attached hydrogens (tertiary/aromatic N) is 2. The van der Waals surface area contributed by atoms with Crippen LogP contribution in [0.3, 0.4) is 0 Å². The predicted octanol–water partition coefficient (Wildman–Crippen LogP) is 8.59. The molecule has 0 saturated carbocycles. The van der Waals surface area contributed by atoms with Gasteiger partial charge in [-0.2, -0.15) is 4.55 Å². The van der Waals surface area contributed by atoms with Gasteiger partial charge in [0, 0.05) is 42.8 Å². The molecule has 0 aromatic heterocycles. The lowest BCUT2D eigenvalue weighted by atomic mass is 9.99. The van der Waals surface area contributed by atoms with Gasteiger partial charge >= 0.3 is 0 Å². The van der Waals surface area contributed by atoms with Crippen LogP contribution >= 0.6 is 16.1 Å². The summed E-state index contributed by atoms with van der Waals surface area (Å²) >= 11 is 0. The van der Waals surface area contributed by atoms with Gasteiger partial charge in [-0.15, -0.1) is 0 Å². The average molecular weight is 629 g/mol. The van der Waals surface area contributed by atoms with Gasteiger partial charge in [-0.25, -0.2) is 13.8 Å². The molecule has 0 radical (unpaired) electrons. The third-order valence-corrected chi connectivity index (χ3v) is 14.7. The van der Waals surface area contributed by atoms with Crippen molar-refractivity contribution >= 4 is 38.6 Å². The van der Waals surface area contributed by atoms with Crippen LogP contribution in [-0.2, 0) is 9.59 Å². The lowest BCUT2D eigenvalue weighted by Crippen LogP contribution is -2.44. The quantitative estimate of drug-likeness (QED) is 0.152. The molecule has 2 saturated heterocycles. The molecule has 0 aliphatic carbocycles. The molecule has 2 amide bonds. The van der Waals surface area contributed by atoms with Crippen molar-refractivity contribution in [1.29, 1.82) is 0 Å². The SMILES string of the molecule is Cc1cc(C)cc([C@@H]2CC[C@@H](c3cc(C)cc(C)c3)P2N(N2C(=O)CCC2=O)P(c2ccccc2F)c2ccccc2F)c1. The van der Waals surface area contributed by atoms with Gasteiger partial charge in [0.15, 0.2) is 0 Å². The number of hydrogen-bond donors (Lipinski definition) is 0. The van der Waals surface area contributed by atoms with E-state index in [1.54, 1.807) is 36.4 Å².